The highest BCUT2D eigenvalue weighted by atomic mass is 16.6. The topological polar surface area (TPSA) is 113 Å². The Morgan fingerprint density at radius 1 is 1.40 bits per heavy atom. The van der Waals surface area contributed by atoms with Gasteiger partial charge in [-0.2, -0.15) is 0 Å². The highest BCUT2D eigenvalue weighted by Gasteiger charge is 2.08. The summed E-state index contributed by atoms with van der Waals surface area (Å²) in [6, 6.07) is 6.40. The second kappa shape index (κ2) is 4.57. The van der Waals surface area contributed by atoms with Crippen molar-refractivity contribution in [2.75, 3.05) is 0 Å². The Labute approximate surface area is 112 Å². The maximum absolute atomic E-state index is 10.8. The van der Waals surface area contributed by atoms with Crippen molar-refractivity contribution in [2.24, 2.45) is 0 Å². The van der Waals surface area contributed by atoms with E-state index < -0.39 is 4.92 Å². The number of non-ortho nitro benzene ring substituents is 1. The summed E-state index contributed by atoms with van der Waals surface area (Å²) in [6.07, 6.45) is 3.00. The van der Waals surface area contributed by atoms with Gasteiger partial charge < -0.3 is 9.55 Å². The molecule has 0 amide bonds. The largest absolute Gasteiger partial charge is 0.340 e. The first-order chi connectivity index (χ1) is 9.65. The van der Waals surface area contributed by atoms with Gasteiger partial charge >= 0.3 is 0 Å². The smallest absolute Gasteiger partial charge is 0.269 e. The van der Waals surface area contributed by atoms with E-state index in [1.807, 2.05) is 0 Å². The van der Waals surface area contributed by atoms with Gasteiger partial charge in [-0.1, -0.05) is 12.1 Å². The van der Waals surface area contributed by atoms with Crippen LogP contribution in [-0.4, -0.2) is 24.4 Å². The lowest BCUT2D eigenvalue weighted by molar-refractivity contribution is -0.384. The molecule has 8 nitrogen and oxygen atoms in total. The van der Waals surface area contributed by atoms with Gasteiger partial charge in [-0.05, 0) is 5.56 Å². The van der Waals surface area contributed by atoms with Gasteiger partial charge in [0.05, 0.1) is 24.1 Å². The van der Waals surface area contributed by atoms with Crippen LogP contribution in [0.2, 0.25) is 0 Å². The molecule has 0 unspecified atom stereocenters. The number of aromatic amines is 1. The summed E-state index contributed by atoms with van der Waals surface area (Å²) in [5, 5.41) is 18.4. The van der Waals surface area contributed by atoms with E-state index in [0.29, 0.717) is 17.7 Å². The van der Waals surface area contributed by atoms with Crippen LogP contribution in [0.3, 0.4) is 0 Å². The zero-order valence-corrected chi connectivity index (χ0v) is 10.3. The molecule has 3 rings (SSSR count). The number of hydrogen-bond acceptors (Lipinski definition) is 5. The Morgan fingerprint density at radius 2 is 2.25 bits per heavy atom. The second-order valence-corrected chi connectivity index (χ2v) is 4.25. The van der Waals surface area contributed by atoms with E-state index in [2.05, 4.69) is 15.0 Å². The predicted octanol–water partition coefficient (Wildman–Crippen LogP) is 1.20. The van der Waals surface area contributed by atoms with E-state index in [0.717, 1.165) is 5.56 Å². The fourth-order valence-electron chi connectivity index (χ4n) is 2.01. The van der Waals surface area contributed by atoms with Gasteiger partial charge in [0.1, 0.15) is 5.52 Å². The van der Waals surface area contributed by atoms with Crippen LogP contribution < -0.4 is 5.49 Å². The second-order valence-electron chi connectivity index (χ2n) is 4.25. The van der Waals surface area contributed by atoms with E-state index in [4.69, 9.17) is 5.41 Å². The number of nitro benzene ring substituents is 1. The molecule has 2 aromatic heterocycles. The molecule has 2 heterocycles. The number of benzene rings is 1. The molecule has 3 aromatic rings. The zero-order valence-electron chi connectivity index (χ0n) is 10.3. The standard InChI is InChI=1S/C12H10N6O2/c13-11-10-12(15-6-14-10)17(7-16-11)5-8-2-1-3-9(4-8)18(19)20/h1-4,6-7,13H,5H2,(H,14,15). The van der Waals surface area contributed by atoms with Gasteiger partial charge in [-0.3, -0.25) is 15.5 Å². The summed E-state index contributed by atoms with van der Waals surface area (Å²) >= 11 is 0. The third-order valence-corrected chi connectivity index (χ3v) is 2.93. The Morgan fingerprint density at radius 3 is 3.05 bits per heavy atom. The number of nitrogens with zero attached hydrogens (tertiary/aromatic N) is 4. The Kier molecular flexibility index (Phi) is 2.75. The van der Waals surface area contributed by atoms with Gasteiger partial charge in [-0.25, -0.2) is 9.97 Å². The van der Waals surface area contributed by atoms with Crippen molar-refractivity contribution in [3.05, 3.63) is 58.1 Å². The number of nitrogens with one attached hydrogen (secondary N) is 2. The predicted molar refractivity (Wildman–Crippen MR) is 69.9 cm³/mol. The average molecular weight is 270 g/mol. The Hall–Kier alpha value is -3.03. The van der Waals surface area contributed by atoms with Crippen molar-refractivity contribution in [2.45, 2.75) is 6.54 Å². The van der Waals surface area contributed by atoms with Gasteiger partial charge in [0, 0.05) is 12.1 Å². The minimum atomic E-state index is -0.427. The molecule has 100 valence electrons. The lowest BCUT2D eigenvalue weighted by Gasteiger charge is -2.06. The summed E-state index contributed by atoms with van der Waals surface area (Å²) in [5.74, 6) is 0. The number of nitro groups is 1. The van der Waals surface area contributed by atoms with Gasteiger partial charge in [-0.15, -0.1) is 0 Å². The molecule has 0 fully saturated rings. The number of H-pyrrole nitrogens is 1. The lowest BCUT2D eigenvalue weighted by Crippen LogP contribution is -2.13. The van der Waals surface area contributed by atoms with Crippen LogP contribution in [0.25, 0.3) is 11.2 Å². The van der Waals surface area contributed by atoms with E-state index in [9.17, 15) is 10.1 Å². The molecule has 0 aliphatic rings. The van der Waals surface area contributed by atoms with Crippen molar-refractivity contribution < 1.29 is 4.92 Å². The first-order valence-electron chi connectivity index (χ1n) is 5.81. The minimum Gasteiger partial charge on any atom is -0.340 e. The first kappa shape index (κ1) is 12.0. The van der Waals surface area contributed by atoms with Crippen LogP contribution in [-0.2, 0) is 6.54 Å². The number of imidazole rings is 1. The van der Waals surface area contributed by atoms with Crippen LogP contribution in [0, 0.1) is 15.5 Å². The number of rotatable bonds is 3. The van der Waals surface area contributed by atoms with Gasteiger partial charge in [0.25, 0.3) is 5.69 Å². The molecule has 1 aromatic carbocycles. The zero-order chi connectivity index (χ0) is 14.1. The molecular weight excluding hydrogens is 260 g/mol. The summed E-state index contributed by atoms with van der Waals surface area (Å²) in [7, 11) is 0. The Balaban J connectivity index is 2.03. The monoisotopic (exact) mass is 270 g/mol. The molecule has 20 heavy (non-hydrogen) atoms. The van der Waals surface area contributed by atoms with Crippen LogP contribution in [0.4, 0.5) is 5.69 Å². The molecule has 0 atom stereocenters. The Bertz CT molecular complexity index is 850. The average Bonchev–Trinajstić information content (AvgIpc) is 2.93. The quantitative estimate of drug-likeness (QED) is 0.549. The fraction of sp³-hybridized carbons (Fsp3) is 0.0833. The third kappa shape index (κ3) is 2.03. The van der Waals surface area contributed by atoms with Crippen molar-refractivity contribution in [1.82, 2.24) is 19.5 Å². The lowest BCUT2D eigenvalue weighted by atomic mass is 10.2. The van der Waals surface area contributed by atoms with Gasteiger partial charge in [0.2, 0.25) is 0 Å². The normalized spacial score (nSPS) is 10.8. The van der Waals surface area contributed by atoms with E-state index in [1.54, 1.807) is 16.7 Å². The number of aromatic nitrogens is 4. The van der Waals surface area contributed by atoms with Crippen LogP contribution in [0.1, 0.15) is 5.56 Å². The fourth-order valence-corrected chi connectivity index (χ4v) is 2.01. The summed E-state index contributed by atoms with van der Waals surface area (Å²) in [4.78, 5) is 21.3. The molecular formula is C12H10N6O2. The van der Waals surface area contributed by atoms with E-state index in [-0.39, 0.29) is 11.2 Å². The summed E-state index contributed by atoms with van der Waals surface area (Å²) < 4.78 is 1.74. The van der Waals surface area contributed by atoms with E-state index in [1.165, 1.54) is 24.8 Å². The van der Waals surface area contributed by atoms with Crippen molar-refractivity contribution in [1.29, 1.82) is 5.41 Å². The first-order valence-corrected chi connectivity index (χ1v) is 5.81. The maximum Gasteiger partial charge on any atom is 0.269 e. The van der Waals surface area contributed by atoms with Crippen molar-refractivity contribution in [3.8, 4) is 0 Å². The van der Waals surface area contributed by atoms with Crippen LogP contribution >= 0.6 is 0 Å². The van der Waals surface area contributed by atoms with Gasteiger partial charge in [0.15, 0.2) is 11.1 Å². The van der Waals surface area contributed by atoms with Crippen LogP contribution in [0.5, 0.6) is 0 Å². The van der Waals surface area contributed by atoms with Crippen molar-refractivity contribution >= 4 is 16.9 Å². The van der Waals surface area contributed by atoms with Crippen LogP contribution in [0.15, 0.2) is 36.9 Å². The van der Waals surface area contributed by atoms with E-state index >= 15 is 0 Å². The molecule has 2 N–H and O–H groups in total. The molecule has 8 heteroatoms. The highest BCUT2D eigenvalue weighted by Crippen LogP contribution is 2.15. The highest BCUT2D eigenvalue weighted by molar-refractivity contribution is 5.68. The molecule has 0 saturated heterocycles. The number of fused-ring (bicyclic) bond motifs is 1. The molecule has 0 aliphatic carbocycles. The SMILES string of the molecule is N=c1ncn(Cc2cccc([N+](=O)[O-])c2)c2nc[nH]c12. The number of hydrogen-bond donors (Lipinski definition) is 2. The molecule has 0 bridgehead atoms. The molecule has 0 radical (unpaired) electrons. The summed E-state index contributed by atoms with van der Waals surface area (Å²) in [6.45, 7) is 0.399. The third-order valence-electron chi connectivity index (χ3n) is 2.93. The molecule has 0 saturated carbocycles. The maximum atomic E-state index is 10.8. The molecule has 0 spiro atoms. The summed E-state index contributed by atoms with van der Waals surface area (Å²) in [5.41, 5.74) is 2.07. The van der Waals surface area contributed by atoms with Crippen molar-refractivity contribution in [3.63, 3.8) is 0 Å². The molecule has 0 aliphatic heterocycles. The minimum absolute atomic E-state index is 0.0476.